The van der Waals surface area contributed by atoms with Gasteiger partial charge in [-0.2, -0.15) is 13.2 Å². The highest BCUT2D eigenvalue weighted by atomic mass is 19.4. The molecule has 0 aliphatic heterocycles. The predicted molar refractivity (Wildman–Crippen MR) is 103 cm³/mol. The Bertz CT molecular complexity index is 1090. The highest BCUT2D eigenvalue weighted by Crippen LogP contribution is 2.35. The molecule has 2 aromatic carbocycles. The number of alkyl halides is 3. The Labute approximate surface area is 175 Å². The molecule has 3 rings (SSSR count). The molecule has 0 unspecified atom stereocenters. The van der Waals surface area contributed by atoms with E-state index in [-0.39, 0.29) is 36.3 Å². The van der Waals surface area contributed by atoms with Gasteiger partial charge in [0.2, 0.25) is 0 Å². The topological polar surface area (TPSA) is 72.6 Å². The molecule has 0 bridgehead atoms. The first kappa shape index (κ1) is 22.3. The van der Waals surface area contributed by atoms with E-state index < -0.39 is 23.5 Å². The van der Waals surface area contributed by atoms with Crippen molar-refractivity contribution >= 4 is 5.97 Å². The quantitative estimate of drug-likeness (QED) is 0.479. The summed E-state index contributed by atoms with van der Waals surface area (Å²) in [6.45, 7) is 3.02. The number of aromatic nitrogens is 1. The standard InChI is InChI=1S/C22H19F4NO4/c1-12-21(13(2)31-27-12)16-7-14(8-17(9-16)22(24,25)26)11-30-18-5-3-15(19(23)10-18)4-6-20(28)29/h3,5,7-10H,4,6,11H2,1-2H3,(H,28,29). The molecular formula is C22H19F4NO4. The van der Waals surface area contributed by atoms with Gasteiger partial charge in [0.15, 0.2) is 0 Å². The molecule has 9 heteroatoms. The van der Waals surface area contributed by atoms with E-state index in [2.05, 4.69) is 5.16 Å². The Kier molecular flexibility index (Phi) is 6.33. The van der Waals surface area contributed by atoms with E-state index in [0.29, 0.717) is 22.6 Å². The van der Waals surface area contributed by atoms with Gasteiger partial charge in [-0.1, -0.05) is 11.2 Å². The lowest BCUT2D eigenvalue weighted by Gasteiger charge is -2.13. The van der Waals surface area contributed by atoms with Gasteiger partial charge in [-0.15, -0.1) is 0 Å². The van der Waals surface area contributed by atoms with Crippen molar-refractivity contribution in [3.63, 3.8) is 0 Å². The van der Waals surface area contributed by atoms with Crippen molar-refractivity contribution in [2.75, 3.05) is 0 Å². The Morgan fingerprint density at radius 2 is 1.90 bits per heavy atom. The van der Waals surface area contributed by atoms with E-state index in [1.54, 1.807) is 19.9 Å². The summed E-state index contributed by atoms with van der Waals surface area (Å²) in [5.74, 6) is -1.17. The maximum atomic E-state index is 14.1. The Morgan fingerprint density at radius 3 is 2.48 bits per heavy atom. The van der Waals surface area contributed by atoms with Crippen molar-refractivity contribution in [1.82, 2.24) is 5.16 Å². The van der Waals surface area contributed by atoms with E-state index in [9.17, 15) is 22.4 Å². The second kappa shape index (κ2) is 8.79. The van der Waals surface area contributed by atoms with E-state index in [1.807, 2.05) is 0 Å². The van der Waals surface area contributed by atoms with Crippen molar-refractivity contribution in [1.29, 1.82) is 0 Å². The van der Waals surface area contributed by atoms with Crippen molar-refractivity contribution < 1.29 is 36.7 Å². The fourth-order valence-corrected chi connectivity index (χ4v) is 3.21. The molecule has 0 saturated carbocycles. The van der Waals surface area contributed by atoms with Crippen LogP contribution in [0.2, 0.25) is 0 Å². The van der Waals surface area contributed by atoms with Gasteiger partial charge in [-0.05, 0) is 61.2 Å². The first-order valence-electron chi connectivity index (χ1n) is 9.32. The molecule has 5 nitrogen and oxygen atoms in total. The second-order valence-electron chi connectivity index (χ2n) is 7.05. The highest BCUT2D eigenvalue weighted by molar-refractivity contribution is 5.69. The number of benzene rings is 2. The van der Waals surface area contributed by atoms with Crippen LogP contribution in [-0.4, -0.2) is 16.2 Å². The van der Waals surface area contributed by atoms with Crippen LogP contribution < -0.4 is 4.74 Å². The molecule has 0 atom stereocenters. The van der Waals surface area contributed by atoms with Gasteiger partial charge in [0.1, 0.15) is 23.9 Å². The van der Waals surface area contributed by atoms with Crippen LogP contribution in [0.3, 0.4) is 0 Å². The SMILES string of the molecule is Cc1noc(C)c1-c1cc(COc2ccc(CCC(=O)O)c(F)c2)cc(C(F)(F)F)c1. The molecule has 164 valence electrons. The first-order chi connectivity index (χ1) is 14.5. The molecule has 31 heavy (non-hydrogen) atoms. The van der Waals surface area contributed by atoms with Crippen molar-refractivity contribution in [3.05, 3.63) is 70.4 Å². The summed E-state index contributed by atoms with van der Waals surface area (Å²) < 4.78 is 64.9. The van der Waals surface area contributed by atoms with Crippen LogP contribution >= 0.6 is 0 Å². The minimum Gasteiger partial charge on any atom is -0.489 e. The maximum Gasteiger partial charge on any atom is 0.416 e. The third-order valence-electron chi connectivity index (χ3n) is 4.68. The van der Waals surface area contributed by atoms with Gasteiger partial charge >= 0.3 is 12.1 Å². The van der Waals surface area contributed by atoms with Gasteiger partial charge in [0, 0.05) is 18.1 Å². The summed E-state index contributed by atoms with van der Waals surface area (Å²) in [6.07, 6.45) is -4.76. The lowest BCUT2D eigenvalue weighted by Crippen LogP contribution is -2.07. The highest BCUT2D eigenvalue weighted by Gasteiger charge is 2.32. The van der Waals surface area contributed by atoms with Crippen LogP contribution in [0, 0.1) is 19.7 Å². The summed E-state index contributed by atoms with van der Waals surface area (Å²) in [7, 11) is 0. The third-order valence-corrected chi connectivity index (χ3v) is 4.68. The molecule has 0 aliphatic rings. The number of carbonyl (C=O) groups is 1. The number of aliphatic carboxylic acids is 1. The zero-order valence-electron chi connectivity index (χ0n) is 16.7. The largest absolute Gasteiger partial charge is 0.489 e. The van der Waals surface area contributed by atoms with Gasteiger partial charge < -0.3 is 14.4 Å². The normalized spacial score (nSPS) is 11.5. The average molecular weight is 437 g/mol. The molecule has 0 amide bonds. The van der Waals surface area contributed by atoms with Crippen LogP contribution in [-0.2, 0) is 24.0 Å². The number of hydrogen-bond donors (Lipinski definition) is 1. The minimum absolute atomic E-state index is 0.0237. The van der Waals surface area contributed by atoms with E-state index >= 15 is 0 Å². The molecule has 0 fully saturated rings. The number of ether oxygens (including phenoxy) is 1. The van der Waals surface area contributed by atoms with Crippen molar-refractivity contribution in [2.24, 2.45) is 0 Å². The predicted octanol–water partition coefficient (Wildman–Crippen LogP) is 5.71. The Balaban J connectivity index is 1.85. The van der Waals surface area contributed by atoms with Crippen LogP contribution in [0.25, 0.3) is 11.1 Å². The van der Waals surface area contributed by atoms with Crippen molar-refractivity contribution in [3.8, 4) is 16.9 Å². The lowest BCUT2D eigenvalue weighted by molar-refractivity contribution is -0.138. The fourth-order valence-electron chi connectivity index (χ4n) is 3.21. The monoisotopic (exact) mass is 437 g/mol. The number of halogens is 4. The van der Waals surface area contributed by atoms with E-state index in [4.69, 9.17) is 14.4 Å². The van der Waals surface area contributed by atoms with Crippen LogP contribution in [0.15, 0.2) is 40.9 Å². The summed E-state index contributed by atoms with van der Waals surface area (Å²) in [6, 6.07) is 7.46. The maximum absolute atomic E-state index is 14.1. The minimum atomic E-state index is -4.57. The summed E-state index contributed by atoms with van der Waals surface area (Å²) >= 11 is 0. The van der Waals surface area contributed by atoms with Gasteiger partial charge in [-0.3, -0.25) is 4.79 Å². The number of aryl methyl sites for hydroxylation is 3. The molecule has 1 heterocycles. The number of hydrogen-bond acceptors (Lipinski definition) is 4. The van der Waals surface area contributed by atoms with Crippen LogP contribution in [0.5, 0.6) is 5.75 Å². The van der Waals surface area contributed by atoms with Crippen LogP contribution in [0.4, 0.5) is 17.6 Å². The zero-order valence-corrected chi connectivity index (χ0v) is 16.7. The summed E-state index contributed by atoms with van der Waals surface area (Å²) in [4.78, 5) is 10.6. The van der Waals surface area contributed by atoms with Gasteiger partial charge in [0.05, 0.1) is 11.3 Å². The fraction of sp³-hybridized carbons (Fsp3) is 0.273. The average Bonchev–Trinajstić information content (AvgIpc) is 3.02. The summed E-state index contributed by atoms with van der Waals surface area (Å²) in [5, 5.41) is 12.5. The molecule has 0 spiro atoms. The van der Waals surface area contributed by atoms with E-state index in [1.165, 1.54) is 12.1 Å². The Hall–Kier alpha value is -3.36. The number of carboxylic acid groups (broad SMARTS) is 1. The third kappa shape index (κ3) is 5.42. The zero-order chi connectivity index (χ0) is 22.8. The molecule has 1 N–H and O–H groups in total. The molecule has 1 aromatic heterocycles. The second-order valence-corrected chi connectivity index (χ2v) is 7.05. The molecule has 0 radical (unpaired) electrons. The molecule has 0 aliphatic carbocycles. The molecule has 3 aromatic rings. The number of rotatable bonds is 7. The lowest BCUT2D eigenvalue weighted by atomic mass is 9.98. The molecule has 0 saturated heterocycles. The molecular weight excluding hydrogens is 418 g/mol. The van der Waals surface area contributed by atoms with E-state index in [0.717, 1.165) is 18.2 Å². The van der Waals surface area contributed by atoms with Crippen molar-refractivity contribution in [2.45, 2.75) is 39.5 Å². The Morgan fingerprint density at radius 1 is 1.16 bits per heavy atom. The van der Waals surface area contributed by atoms with Gasteiger partial charge in [0.25, 0.3) is 0 Å². The number of carboxylic acids is 1. The van der Waals surface area contributed by atoms with Crippen LogP contribution in [0.1, 0.15) is 34.6 Å². The number of nitrogens with zero attached hydrogens (tertiary/aromatic N) is 1. The van der Waals surface area contributed by atoms with Gasteiger partial charge in [-0.25, -0.2) is 4.39 Å². The smallest absolute Gasteiger partial charge is 0.416 e. The summed E-state index contributed by atoms with van der Waals surface area (Å²) in [5.41, 5.74) is 0.831. The first-order valence-corrected chi connectivity index (χ1v) is 9.32.